The highest BCUT2D eigenvalue weighted by molar-refractivity contribution is 5.93. The van der Waals surface area contributed by atoms with Gasteiger partial charge in [0.1, 0.15) is 12.4 Å². The molecule has 20 heavy (non-hydrogen) atoms. The number of carbonyl (C=O) groups excluding carboxylic acids is 1. The van der Waals surface area contributed by atoms with Crippen molar-refractivity contribution >= 4 is 11.5 Å². The number of benzene rings is 2. The summed E-state index contributed by atoms with van der Waals surface area (Å²) >= 11 is 0. The number of Topliss-reactive ketones (excluding diaryl/α,β-unsaturated/α-hetero) is 1. The van der Waals surface area contributed by atoms with Crippen LogP contribution in [0.5, 0.6) is 5.75 Å². The average molecular weight is 271 g/mol. The van der Waals surface area contributed by atoms with Crippen molar-refractivity contribution < 1.29 is 14.5 Å². The second kappa shape index (κ2) is 5.97. The lowest BCUT2D eigenvalue weighted by molar-refractivity contribution is -0.384. The van der Waals surface area contributed by atoms with Gasteiger partial charge in [-0.05, 0) is 24.6 Å². The predicted octanol–water partition coefficient (Wildman–Crippen LogP) is 3.38. The molecule has 2 aromatic rings. The Bertz CT molecular complexity index is 560. The topological polar surface area (TPSA) is 69.4 Å². The van der Waals surface area contributed by atoms with E-state index in [1.165, 1.54) is 19.1 Å². The number of hydrogen-bond donors (Lipinski definition) is 0. The van der Waals surface area contributed by atoms with Crippen LogP contribution in [-0.4, -0.2) is 10.7 Å². The Morgan fingerprint density at radius 1 is 1.10 bits per heavy atom. The van der Waals surface area contributed by atoms with Crippen molar-refractivity contribution in [1.82, 2.24) is 0 Å². The summed E-state index contributed by atoms with van der Waals surface area (Å²) in [6.07, 6.45) is 0. The molecule has 0 saturated carbocycles. The van der Waals surface area contributed by atoms with E-state index >= 15 is 0 Å². The van der Waals surface area contributed by atoms with Crippen LogP contribution in [0.15, 0.2) is 48.5 Å². The van der Waals surface area contributed by atoms with Gasteiger partial charge in [0, 0.05) is 17.7 Å². The Labute approximate surface area is 116 Å². The van der Waals surface area contributed by atoms with E-state index in [0.29, 0.717) is 17.9 Å². The van der Waals surface area contributed by atoms with Crippen molar-refractivity contribution in [2.75, 3.05) is 0 Å². The molecule has 0 amide bonds. The maximum atomic E-state index is 11.1. The third-order valence-electron chi connectivity index (χ3n) is 2.81. The zero-order valence-corrected chi connectivity index (χ0v) is 10.9. The summed E-state index contributed by atoms with van der Waals surface area (Å²) in [7, 11) is 0. The molecular formula is C15H13NO4. The zero-order chi connectivity index (χ0) is 14.5. The lowest BCUT2D eigenvalue weighted by Gasteiger charge is -2.06. The molecule has 0 radical (unpaired) electrons. The minimum Gasteiger partial charge on any atom is -0.489 e. The largest absolute Gasteiger partial charge is 0.489 e. The molecule has 5 heteroatoms. The van der Waals surface area contributed by atoms with E-state index in [2.05, 4.69) is 0 Å². The monoisotopic (exact) mass is 271 g/mol. The van der Waals surface area contributed by atoms with Gasteiger partial charge in [-0.2, -0.15) is 0 Å². The van der Waals surface area contributed by atoms with Crippen LogP contribution in [0.4, 0.5) is 5.69 Å². The van der Waals surface area contributed by atoms with Crippen LogP contribution in [0.25, 0.3) is 0 Å². The van der Waals surface area contributed by atoms with E-state index < -0.39 is 4.92 Å². The minimum absolute atomic E-state index is 0.0211. The number of nitro benzene ring substituents is 1. The van der Waals surface area contributed by atoms with E-state index in [-0.39, 0.29) is 11.5 Å². The maximum Gasteiger partial charge on any atom is 0.269 e. The van der Waals surface area contributed by atoms with Crippen LogP contribution >= 0.6 is 0 Å². The molecule has 0 heterocycles. The Morgan fingerprint density at radius 2 is 1.70 bits per heavy atom. The first kappa shape index (κ1) is 13.7. The fourth-order valence-corrected chi connectivity index (χ4v) is 1.67. The fraction of sp³-hybridized carbons (Fsp3) is 0.133. The normalized spacial score (nSPS) is 10.1. The molecule has 0 N–H and O–H groups in total. The van der Waals surface area contributed by atoms with Gasteiger partial charge >= 0.3 is 0 Å². The first-order valence-corrected chi connectivity index (χ1v) is 6.03. The van der Waals surface area contributed by atoms with E-state index in [4.69, 9.17) is 4.74 Å². The lowest BCUT2D eigenvalue weighted by atomic mass is 10.1. The molecule has 0 fully saturated rings. The fourth-order valence-electron chi connectivity index (χ4n) is 1.67. The van der Waals surface area contributed by atoms with Gasteiger partial charge in [0.05, 0.1) is 4.92 Å². The van der Waals surface area contributed by atoms with Crippen molar-refractivity contribution in [2.45, 2.75) is 13.5 Å². The van der Waals surface area contributed by atoms with Crippen LogP contribution in [0.1, 0.15) is 22.8 Å². The number of nitrogens with zero attached hydrogens (tertiary/aromatic N) is 1. The van der Waals surface area contributed by atoms with Gasteiger partial charge < -0.3 is 4.74 Å². The molecule has 0 aliphatic rings. The van der Waals surface area contributed by atoms with Crippen molar-refractivity contribution in [1.29, 1.82) is 0 Å². The third-order valence-corrected chi connectivity index (χ3v) is 2.81. The molecular weight excluding hydrogens is 258 g/mol. The van der Waals surface area contributed by atoms with E-state index in [1.807, 2.05) is 12.1 Å². The summed E-state index contributed by atoms with van der Waals surface area (Å²) in [6.45, 7) is 1.86. The number of carbonyl (C=O) groups is 1. The molecule has 0 saturated heterocycles. The minimum atomic E-state index is -0.454. The van der Waals surface area contributed by atoms with Gasteiger partial charge in [-0.25, -0.2) is 0 Å². The molecule has 0 atom stereocenters. The van der Waals surface area contributed by atoms with Gasteiger partial charge in [-0.15, -0.1) is 0 Å². The van der Waals surface area contributed by atoms with E-state index in [9.17, 15) is 14.9 Å². The molecule has 0 spiro atoms. The lowest BCUT2D eigenvalue weighted by Crippen LogP contribution is -1.97. The molecule has 2 rings (SSSR count). The number of ether oxygens (including phenoxy) is 1. The summed E-state index contributed by atoms with van der Waals surface area (Å²) in [5, 5.41) is 10.5. The second-order valence-corrected chi connectivity index (χ2v) is 4.29. The van der Waals surface area contributed by atoms with Crippen molar-refractivity contribution in [3.63, 3.8) is 0 Å². The van der Waals surface area contributed by atoms with Crippen molar-refractivity contribution in [2.24, 2.45) is 0 Å². The van der Waals surface area contributed by atoms with Crippen molar-refractivity contribution in [3.8, 4) is 5.75 Å². The van der Waals surface area contributed by atoms with E-state index in [1.54, 1.807) is 24.3 Å². The summed E-state index contributed by atoms with van der Waals surface area (Å²) < 4.78 is 5.52. The highest BCUT2D eigenvalue weighted by Crippen LogP contribution is 2.18. The molecule has 2 aromatic carbocycles. The number of non-ortho nitro benzene ring substituents is 1. The van der Waals surface area contributed by atoms with Crippen LogP contribution in [0.2, 0.25) is 0 Å². The predicted molar refractivity (Wildman–Crippen MR) is 73.9 cm³/mol. The molecule has 0 aromatic heterocycles. The Morgan fingerprint density at radius 3 is 2.20 bits per heavy atom. The summed E-state index contributed by atoms with van der Waals surface area (Å²) in [5.74, 6) is 0.582. The summed E-state index contributed by atoms with van der Waals surface area (Å²) in [6, 6.07) is 13.0. The number of rotatable bonds is 5. The highest BCUT2D eigenvalue weighted by atomic mass is 16.6. The van der Waals surface area contributed by atoms with Crippen molar-refractivity contribution in [3.05, 3.63) is 69.8 Å². The van der Waals surface area contributed by atoms with Crippen LogP contribution < -0.4 is 4.74 Å². The Kier molecular flexibility index (Phi) is 4.10. The molecule has 0 unspecified atom stereocenters. The second-order valence-electron chi connectivity index (χ2n) is 4.29. The molecule has 0 bridgehead atoms. The molecule has 5 nitrogen and oxygen atoms in total. The zero-order valence-electron chi connectivity index (χ0n) is 10.9. The Hall–Kier alpha value is -2.69. The van der Waals surface area contributed by atoms with Gasteiger partial charge in [0.2, 0.25) is 0 Å². The van der Waals surface area contributed by atoms with Gasteiger partial charge in [0.25, 0.3) is 5.69 Å². The van der Waals surface area contributed by atoms with Gasteiger partial charge in [-0.3, -0.25) is 14.9 Å². The van der Waals surface area contributed by atoms with Crippen LogP contribution in [-0.2, 0) is 6.61 Å². The first-order chi connectivity index (χ1) is 9.56. The standard InChI is InChI=1S/C15H13NO4/c1-11(17)13-4-2-12(3-5-13)10-20-15-8-6-14(7-9-15)16(18)19/h2-9H,10H2,1H3. The maximum absolute atomic E-state index is 11.1. The molecule has 0 aliphatic heterocycles. The first-order valence-electron chi connectivity index (χ1n) is 6.03. The van der Waals surface area contributed by atoms with Gasteiger partial charge in [0.15, 0.2) is 5.78 Å². The SMILES string of the molecule is CC(=O)c1ccc(COc2ccc([N+](=O)[O-])cc2)cc1. The Balaban J connectivity index is 1.97. The summed E-state index contributed by atoms with van der Waals surface area (Å²) in [4.78, 5) is 21.2. The highest BCUT2D eigenvalue weighted by Gasteiger charge is 2.04. The quantitative estimate of drug-likeness (QED) is 0.475. The average Bonchev–Trinajstić information content (AvgIpc) is 2.46. The van der Waals surface area contributed by atoms with E-state index in [0.717, 1.165) is 5.56 Å². The van der Waals surface area contributed by atoms with Crippen LogP contribution in [0, 0.1) is 10.1 Å². The third kappa shape index (κ3) is 3.41. The van der Waals surface area contributed by atoms with Crippen LogP contribution in [0.3, 0.4) is 0 Å². The summed E-state index contributed by atoms with van der Waals surface area (Å²) in [5.41, 5.74) is 1.61. The smallest absolute Gasteiger partial charge is 0.269 e. The number of nitro groups is 1. The molecule has 102 valence electrons. The van der Waals surface area contributed by atoms with Gasteiger partial charge in [-0.1, -0.05) is 24.3 Å². The molecule has 0 aliphatic carbocycles. The number of hydrogen-bond acceptors (Lipinski definition) is 4. The number of ketones is 1.